The van der Waals surface area contributed by atoms with Crippen molar-refractivity contribution in [1.82, 2.24) is 19.6 Å². The molecule has 0 spiro atoms. The van der Waals surface area contributed by atoms with Gasteiger partial charge in [0.05, 0.1) is 15.9 Å². The summed E-state index contributed by atoms with van der Waals surface area (Å²) in [5, 5.41) is 4.55. The highest BCUT2D eigenvalue weighted by Gasteiger charge is 2.15. The van der Waals surface area contributed by atoms with Crippen molar-refractivity contribution in [3.63, 3.8) is 0 Å². The van der Waals surface area contributed by atoms with Crippen molar-refractivity contribution in [2.24, 2.45) is 7.05 Å². The number of halogens is 1. The smallest absolute Gasteiger partial charge is 0.0767 e. The Labute approximate surface area is 124 Å². The third-order valence-electron chi connectivity index (χ3n) is 3.92. The number of aryl methyl sites for hydroxylation is 2. The molecule has 0 radical (unpaired) electrons. The third-order valence-corrected chi connectivity index (χ3v) is 4.83. The molecule has 2 rings (SSSR count). The molecule has 1 saturated heterocycles. The van der Waals surface area contributed by atoms with Crippen LogP contribution in [0.2, 0.25) is 0 Å². The van der Waals surface area contributed by atoms with Crippen molar-refractivity contribution in [3.05, 3.63) is 15.9 Å². The van der Waals surface area contributed by atoms with E-state index in [1.54, 1.807) is 0 Å². The van der Waals surface area contributed by atoms with Gasteiger partial charge in [0.1, 0.15) is 0 Å². The minimum absolute atomic E-state index is 0.956. The van der Waals surface area contributed by atoms with E-state index in [1.165, 1.54) is 42.6 Å². The van der Waals surface area contributed by atoms with Crippen molar-refractivity contribution in [2.45, 2.75) is 32.7 Å². The maximum Gasteiger partial charge on any atom is 0.0767 e. The van der Waals surface area contributed by atoms with Gasteiger partial charge in [-0.3, -0.25) is 9.58 Å². The fourth-order valence-electron chi connectivity index (χ4n) is 2.64. The molecule has 0 atom stereocenters. The summed E-state index contributed by atoms with van der Waals surface area (Å²) in [6.45, 7) is 7.98. The first-order valence-corrected chi connectivity index (χ1v) is 8.02. The molecule has 1 aromatic heterocycles. The number of likely N-dealkylation sites (tertiary alicyclic amines) is 1. The fraction of sp³-hybridized carbons (Fsp3) is 0.786. The Morgan fingerprint density at radius 1 is 1.32 bits per heavy atom. The van der Waals surface area contributed by atoms with E-state index >= 15 is 0 Å². The second kappa shape index (κ2) is 6.86. The molecule has 5 heteroatoms. The normalized spacial score (nSPS) is 16.7. The highest BCUT2D eigenvalue weighted by atomic mass is 79.9. The fourth-order valence-corrected chi connectivity index (χ4v) is 3.39. The predicted octanol–water partition coefficient (Wildman–Crippen LogP) is 2.27. The van der Waals surface area contributed by atoms with E-state index in [0.717, 1.165) is 25.2 Å². The highest BCUT2D eigenvalue weighted by molar-refractivity contribution is 9.10. The van der Waals surface area contributed by atoms with Gasteiger partial charge in [-0.25, -0.2) is 0 Å². The van der Waals surface area contributed by atoms with Crippen molar-refractivity contribution in [1.29, 1.82) is 0 Å². The summed E-state index contributed by atoms with van der Waals surface area (Å²) < 4.78 is 3.19. The zero-order chi connectivity index (χ0) is 13.8. The lowest BCUT2D eigenvalue weighted by Crippen LogP contribution is -2.31. The Morgan fingerprint density at radius 2 is 2.00 bits per heavy atom. The number of rotatable bonds is 6. The number of likely N-dealkylation sites (N-methyl/N-ethyl adjacent to an activating group) is 1. The van der Waals surface area contributed by atoms with Gasteiger partial charge in [-0.2, -0.15) is 5.10 Å². The van der Waals surface area contributed by atoms with Gasteiger partial charge >= 0.3 is 0 Å². The SMILES string of the molecule is CCc1nn(C)c(CN(C)CCN2CCCC2)c1Br. The van der Waals surface area contributed by atoms with Crippen molar-refractivity contribution in [3.8, 4) is 0 Å². The Bertz CT molecular complexity index is 410. The maximum atomic E-state index is 4.55. The average Bonchev–Trinajstić information content (AvgIpc) is 2.99. The predicted molar refractivity (Wildman–Crippen MR) is 82.3 cm³/mol. The van der Waals surface area contributed by atoms with Crippen LogP contribution < -0.4 is 0 Å². The summed E-state index contributed by atoms with van der Waals surface area (Å²) in [6, 6.07) is 0. The van der Waals surface area contributed by atoms with Crippen LogP contribution in [0.3, 0.4) is 0 Å². The number of nitrogens with zero attached hydrogens (tertiary/aromatic N) is 4. The highest BCUT2D eigenvalue weighted by Crippen LogP contribution is 2.22. The molecule has 4 nitrogen and oxygen atoms in total. The average molecular weight is 329 g/mol. The molecule has 0 amide bonds. The van der Waals surface area contributed by atoms with Gasteiger partial charge in [0.2, 0.25) is 0 Å². The van der Waals surface area contributed by atoms with Gasteiger partial charge in [-0.15, -0.1) is 0 Å². The van der Waals surface area contributed by atoms with Gasteiger partial charge in [0.25, 0.3) is 0 Å². The molecule has 0 aliphatic carbocycles. The van der Waals surface area contributed by atoms with Crippen LogP contribution in [-0.4, -0.2) is 52.8 Å². The third kappa shape index (κ3) is 3.80. The topological polar surface area (TPSA) is 24.3 Å². The van der Waals surface area contributed by atoms with E-state index < -0.39 is 0 Å². The summed E-state index contributed by atoms with van der Waals surface area (Å²) in [4.78, 5) is 4.95. The zero-order valence-electron chi connectivity index (χ0n) is 12.3. The Morgan fingerprint density at radius 3 is 2.58 bits per heavy atom. The first kappa shape index (κ1) is 15.0. The summed E-state index contributed by atoms with van der Waals surface area (Å²) in [5.41, 5.74) is 2.44. The maximum absolute atomic E-state index is 4.55. The van der Waals surface area contributed by atoms with Crippen LogP contribution in [0.1, 0.15) is 31.2 Å². The van der Waals surface area contributed by atoms with Gasteiger partial charge in [-0.05, 0) is 55.3 Å². The lowest BCUT2D eigenvalue weighted by atomic mass is 10.3. The number of hydrogen-bond donors (Lipinski definition) is 0. The largest absolute Gasteiger partial charge is 0.302 e. The van der Waals surface area contributed by atoms with Gasteiger partial charge in [0.15, 0.2) is 0 Å². The van der Waals surface area contributed by atoms with Crippen molar-refractivity contribution in [2.75, 3.05) is 33.2 Å². The van der Waals surface area contributed by atoms with Crippen LogP contribution in [0.5, 0.6) is 0 Å². The molecule has 108 valence electrons. The van der Waals surface area contributed by atoms with E-state index in [4.69, 9.17) is 0 Å². The van der Waals surface area contributed by atoms with Crippen LogP contribution >= 0.6 is 15.9 Å². The van der Waals surface area contributed by atoms with Crippen LogP contribution in [0.15, 0.2) is 4.47 Å². The molecule has 1 aliphatic rings. The van der Waals surface area contributed by atoms with E-state index in [9.17, 15) is 0 Å². The summed E-state index contributed by atoms with van der Waals surface area (Å²) in [6.07, 6.45) is 3.72. The quantitative estimate of drug-likeness (QED) is 0.800. The molecule has 1 fully saturated rings. The van der Waals surface area contributed by atoms with E-state index in [2.05, 4.69) is 44.8 Å². The molecular weight excluding hydrogens is 304 g/mol. The molecular formula is C14H25BrN4. The Balaban J connectivity index is 1.87. The van der Waals surface area contributed by atoms with Crippen molar-refractivity contribution < 1.29 is 0 Å². The van der Waals surface area contributed by atoms with Crippen LogP contribution in [0, 0.1) is 0 Å². The molecule has 1 aliphatic heterocycles. The van der Waals surface area contributed by atoms with E-state index in [0.29, 0.717) is 0 Å². The number of hydrogen-bond acceptors (Lipinski definition) is 3. The van der Waals surface area contributed by atoms with Gasteiger partial charge in [0, 0.05) is 26.7 Å². The molecule has 0 unspecified atom stereocenters. The zero-order valence-corrected chi connectivity index (χ0v) is 13.9. The standard InChI is InChI=1S/C14H25BrN4/c1-4-12-14(15)13(18(3)16-12)11-17(2)9-10-19-7-5-6-8-19/h4-11H2,1-3H3. The van der Waals surface area contributed by atoms with E-state index in [-0.39, 0.29) is 0 Å². The summed E-state index contributed by atoms with van der Waals surface area (Å²) in [7, 11) is 4.23. The van der Waals surface area contributed by atoms with Gasteiger partial charge in [-0.1, -0.05) is 6.92 Å². The summed E-state index contributed by atoms with van der Waals surface area (Å²) in [5.74, 6) is 0. The minimum Gasteiger partial charge on any atom is -0.302 e. The Hall–Kier alpha value is -0.390. The molecule has 0 N–H and O–H groups in total. The first-order chi connectivity index (χ1) is 9.11. The Kier molecular flexibility index (Phi) is 5.42. The van der Waals surface area contributed by atoms with Crippen LogP contribution in [0.25, 0.3) is 0 Å². The second-order valence-electron chi connectivity index (χ2n) is 5.47. The van der Waals surface area contributed by atoms with Gasteiger partial charge < -0.3 is 4.90 Å². The lowest BCUT2D eigenvalue weighted by Gasteiger charge is -2.21. The lowest BCUT2D eigenvalue weighted by molar-refractivity contribution is 0.248. The molecule has 1 aromatic rings. The second-order valence-corrected chi connectivity index (χ2v) is 6.26. The van der Waals surface area contributed by atoms with Crippen LogP contribution in [0.4, 0.5) is 0 Å². The minimum atomic E-state index is 0.956. The van der Waals surface area contributed by atoms with Crippen LogP contribution in [-0.2, 0) is 20.0 Å². The summed E-state index contributed by atoms with van der Waals surface area (Å²) >= 11 is 3.69. The molecule has 2 heterocycles. The molecule has 0 bridgehead atoms. The molecule has 19 heavy (non-hydrogen) atoms. The number of aromatic nitrogens is 2. The molecule has 0 aromatic carbocycles. The van der Waals surface area contributed by atoms with E-state index in [1.807, 2.05) is 11.7 Å². The monoisotopic (exact) mass is 328 g/mol. The first-order valence-electron chi connectivity index (χ1n) is 7.23. The molecule has 0 saturated carbocycles. The van der Waals surface area contributed by atoms with Crippen molar-refractivity contribution >= 4 is 15.9 Å².